The van der Waals surface area contributed by atoms with Crippen LogP contribution in [0, 0.1) is 34.5 Å². The van der Waals surface area contributed by atoms with Crippen LogP contribution in [0.4, 0.5) is 0 Å². The van der Waals surface area contributed by atoms with E-state index in [1.807, 2.05) is 0 Å². The molecule has 0 bridgehead atoms. The van der Waals surface area contributed by atoms with Crippen molar-refractivity contribution in [3.8, 4) is 0 Å². The number of carbonyl (C=O) groups excluding carboxylic acids is 1. The summed E-state index contributed by atoms with van der Waals surface area (Å²) in [6.07, 6.45) is 10.8. The second-order valence-electron chi connectivity index (χ2n) is 10.7. The van der Waals surface area contributed by atoms with Gasteiger partial charge >= 0.3 is 5.97 Å². The van der Waals surface area contributed by atoms with Gasteiger partial charge in [-0.2, -0.15) is 0 Å². The Labute approximate surface area is 162 Å². The van der Waals surface area contributed by atoms with Crippen molar-refractivity contribution >= 4 is 5.97 Å². The van der Waals surface area contributed by atoms with Gasteiger partial charge in [0.15, 0.2) is 0 Å². The highest BCUT2D eigenvalue weighted by atomic mass is 16.5. The Balaban J connectivity index is 1.47. The first-order valence-electron chi connectivity index (χ1n) is 11.1. The predicted octanol–water partition coefficient (Wildman–Crippen LogP) is 3.60. The largest absolute Gasteiger partial charge is 0.458 e. The van der Waals surface area contributed by atoms with Gasteiger partial charge in [-0.3, -0.25) is 0 Å². The molecule has 4 saturated carbocycles. The molecule has 4 heteroatoms. The number of fused-ring (bicyclic) bond motifs is 5. The standard InChI is InChI=1S/C23H34O4/c1-21-8-5-16(24)12-15(21)3-4-19-18(21)6-9-22(2)17(7-10-23(19,22)26)14-11-20(25)27-13-14/h11,15-19,24,26H,3-10,12-13H2,1-2H3/t15-,16?,17-,18+,19-,21+,22-,23+/m1/s1. The molecule has 5 aliphatic rings. The van der Waals surface area contributed by atoms with Crippen LogP contribution < -0.4 is 0 Å². The SMILES string of the molecule is C[C@]12CCC(O)C[C@H]1CC[C@@H]1[C@@H]2CC[C@]2(C)[C@@H](C3=CC(=O)OC3)CC[C@]12O. The molecule has 1 aliphatic heterocycles. The summed E-state index contributed by atoms with van der Waals surface area (Å²) in [5.74, 6) is 1.59. The Morgan fingerprint density at radius 3 is 2.59 bits per heavy atom. The number of carbonyl (C=O) groups is 1. The highest BCUT2D eigenvalue weighted by Crippen LogP contribution is 2.69. The Kier molecular flexibility index (Phi) is 3.92. The Morgan fingerprint density at radius 2 is 1.85 bits per heavy atom. The summed E-state index contributed by atoms with van der Waals surface area (Å²) in [6, 6.07) is 0. The second-order valence-corrected chi connectivity index (χ2v) is 10.7. The van der Waals surface area contributed by atoms with Crippen LogP contribution >= 0.6 is 0 Å². The molecule has 0 saturated heterocycles. The van der Waals surface area contributed by atoms with E-state index in [4.69, 9.17) is 4.74 Å². The molecule has 0 radical (unpaired) electrons. The minimum Gasteiger partial charge on any atom is -0.458 e. The zero-order valence-electron chi connectivity index (χ0n) is 16.7. The van der Waals surface area contributed by atoms with Crippen molar-refractivity contribution < 1.29 is 19.7 Å². The van der Waals surface area contributed by atoms with Crippen LogP contribution in [0.5, 0.6) is 0 Å². The van der Waals surface area contributed by atoms with Gasteiger partial charge in [-0.05, 0) is 92.4 Å². The maximum Gasteiger partial charge on any atom is 0.331 e. The molecule has 1 heterocycles. The molecule has 0 aromatic heterocycles. The molecule has 27 heavy (non-hydrogen) atoms. The molecule has 4 nitrogen and oxygen atoms in total. The van der Waals surface area contributed by atoms with Crippen molar-refractivity contribution in [3.63, 3.8) is 0 Å². The molecular weight excluding hydrogens is 340 g/mol. The molecule has 5 rings (SSSR count). The van der Waals surface area contributed by atoms with Crippen LogP contribution in [-0.4, -0.2) is 34.5 Å². The van der Waals surface area contributed by atoms with Crippen molar-refractivity contribution in [2.75, 3.05) is 6.61 Å². The quantitative estimate of drug-likeness (QED) is 0.688. The normalized spacial score (nSPS) is 54.6. The van der Waals surface area contributed by atoms with Gasteiger partial charge in [0.25, 0.3) is 0 Å². The number of rotatable bonds is 1. The van der Waals surface area contributed by atoms with E-state index in [1.54, 1.807) is 6.08 Å². The lowest BCUT2D eigenvalue weighted by atomic mass is 9.43. The fourth-order valence-corrected chi connectivity index (χ4v) is 8.39. The zero-order valence-corrected chi connectivity index (χ0v) is 16.7. The first kappa shape index (κ1) is 18.2. The zero-order chi connectivity index (χ0) is 19.0. The molecule has 4 fully saturated rings. The van der Waals surface area contributed by atoms with Gasteiger partial charge in [-0.1, -0.05) is 13.8 Å². The maximum atomic E-state index is 12.1. The van der Waals surface area contributed by atoms with Gasteiger partial charge in [-0.15, -0.1) is 0 Å². The lowest BCUT2D eigenvalue weighted by Gasteiger charge is -2.63. The fourth-order valence-electron chi connectivity index (χ4n) is 8.39. The average Bonchev–Trinajstić information content (AvgIpc) is 3.16. The van der Waals surface area contributed by atoms with Crippen LogP contribution in [0.15, 0.2) is 11.6 Å². The summed E-state index contributed by atoms with van der Waals surface area (Å²) >= 11 is 0. The summed E-state index contributed by atoms with van der Waals surface area (Å²) in [4.78, 5) is 11.6. The van der Waals surface area contributed by atoms with Crippen molar-refractivity contribution in [3.05, 3.63) is 11.6 Å². The van der Waals surface area contributed by atoms with Gasteiger partial charge in [0.05, 0.1) is 11.7 Å². The van der Waals surface area contributed by atoms with E-state index in [1.165, 1.54) is 6.42 Å². The predicted molar refractivity (Wildman–Crippen MR) is 102 cm³/mol. The van der Waals surface area contributed by atoms with Crippen LogP contribution in [0.3, 0.4) is 0 Å². The molecule has 4 aliphatic carbocycles. The van der Waals surface area contributed by atoms with Gasteiger partial charge < -0.3 is 14.9 Å². The summed E-state index contributed by atoms with van der Waals surface area (Å²) < 4.78 is 5.20. The number of hydrogen-bond donors (Lipinski definition) is 2. The number of aliphatic hydroxyl groups excluding tert-OH is 1. The molecular formula is C23H34O4. The first-order valence-corrected chi connectivity index (χ1v) is 11.1. The molecule has 1 unspecified atom stereocenters. The van der Waals surface area contributed by atoms with E-state index in [2.05, 4.69) is 13.8 Å². The number of cyclic esters (lactones) is 1. The molecule has 8 atom stereocenters. The monoisotopic (exact) mass is 374 g/mol. The number of ether oxygens (including phenoxy) is 1. The van der Waals surface area contributed by atoms with Crippen LogP contribution in [0.2, 0.25) is 0 Å². The highest BCUT2D eigenvalue weighted by molar-refractivity contribution is 5.85. The van der Waals surface area contributed by atoms with Crippen molar-refractivity contribution in [1.29, 1.82) is 0 Å². The van der Waals surface area contributed by atoms with Crippen molar-refractivity contribution in [2.45, 2.75) is 83.3 Å². The molecule has 0 amide bonds. The number of esters is 1. The smallest absolute Gasteiger partial charge is 0.331 e. The fraction of sp³-hybridized carbons (Fsp3) is 0.870. The van der Waals surface area contributed by atoms with Crippen LogP contribution in [-0.2, 0) is 9.53 Å². The van der Waals surface area contributed by atoms with Gasteiger partial charge in [0.2, 0.25) is 0 Å². The molecule has 0 aromatic carbocycles. The van der Waals surface area contributed by atoms with Crippen LogP contribution in [0.1, 0.15) is 71.6 Å². The number of aliphatic hydroxyl groups is 2. The van der Waals surface area contributed by atoms with E-state index < -0.39 is 5.60 Å². The van der Waals surface area contributed by atoms with E-state index in [9.17, 15) is 15.0 Å². The molecule has 0 aromatic rings. The Morgan fingerprint density at radius 1 is 1.04 bits per heavy atom. The Hall–Kier alpha value is -0.870. The minimum absolute atomic E-state index is 0.126. The molecule has 2 N–H and O–H groups in total. The minimum atomic E-state index is -0.628. The lowest BCUT2D eigenvalue weighted by molar-refractivity contribution is -0.208. The van der Waals surface area contributed by atoms with E-state index in [-0.39, 0.29) is 28.8 Å². The Bertz CT molecular complexity index is 686. The van der Waals surface area contributed by atoms with Gasteiger partial charge in [0, 0.05) is 11.5 Å². The van der Waals surface area contributed by atoms with E-state index in [0.29, 0.717) is 24.4 Å². The summed E-state index contributed by atoms with van der Waals surface area (Å²) in [5.41, 5.74) is 0.600. The third-order valence-corrected chi connectivity index (χ3v) is 9.96. The maximum absolute atomic E-state index is 12.1. The second kappa shape index (κ2) is 5.82. The first-order chi connectivity index (χ1) is 12.8. The average molecular weight is 375 g/mol. The third kappa shape index (κ3) is 2.32. The van der Waals surface area contributed by atoms with Crippen molar-refractivity contribution in [1.82, 2.24) is 0 Å². The summed E-state index contributed by atoms with van der Waals surface area (Å²) in [6.45, 7) is 5.15. The topological polar surface area (TPSA) is 66.8 Å². The van der Waals surface area contributed by atoms with E-state index in [0.717, 1.165) is 56.9 Å². The number of hydrogen-bond acceptors (Lipinski definition) is 4. The van der Waals surface area contributed by atoms with Crippen LogP contribution in [0.25, 0.3) is 0 Å². The highest BCUT2D eigenvalue weighted by Gasteiger charge is 2.67. The third-order valence-electron chi connectivity index (χ3n) is 9.96. The molecule has 0 spiro atoms. The van der Waals surface area contributed by atoms with Crippen molar-refractivity contribution in [2.24, 2.45) is 34.5 Å². The molecule has 150 valence electrons. The summed E-state index contributed by atoms with van der Waals surface area (Å²) in [7, 11) is 0. The van der Waals surface area contributed by atoms with Gasteiger partial charge in [0.1, 0.15) is 6.61 Å². The summed E-state index contributed by atoms with van der Waals surface area (Å²) in [5, 5.41) is 22.3. The lowest BCUT2D eigenvalue weighted by Crippen LogP contribution is -2.62. The van der Waals surface area contributed by atoms with E-state index >= 15 is 0 Å². The van der Waals surface area contributed by atoms with Gasteiger partial charge in [-0.25, -0.2) is 4.79 Å².